The van der Waals surface area contributed by atoms with Crippen LogP contribution in [0.1, 0.15) is 37.4 Å². The lowest BCUT2D eigenvalue weighted by atomic mass is 9.96. The molecule has 0 amide bonds. The highest BCUT2D eigenvalue weighted by Gasteiger charge is 2.28. The van der Waals surface area contributed by atoms with Crippen LogP contribution in [0.25, 0.3) is 0 Å². The number of piperidine rings is 1. The molecule has 0 radical (unpaired) electrons. The third kappa shape index (κ3) is 3.20. The van der Waals surface area contributed by atoms with E-state index in [0.717, 1.165) is 30.6 Å². The van der Waals surface area contributed by atoms with Crippen LogP contribution in [-0.2, 0) is 0 Å². The van der Waals surface area contributed by atoms with Gasteiger partial charge in [0.05, 0.1) is 0 Å². The molecule has 1 aliphatic heterocycles. The number of rotatable bonds is 4. The molecule has 110 valence electrons. The van der Waals surface area contributed by atoms with E-state index in [2.05, 4.69) is 28.9 Å². The highest BCUT2D eigenvalue weighted by molar-refractivity contribution is 5.48. The van der Waals surface area contributed by atoms with Crippen molar-refractivity contribution < 1.29 is 0 Å². The van der Waals surface area contributed by atoms with E-state index < -0.39 is 0 Å². The van der Waals surface area contributed by atoms with Crippen LogP contribution >= 0.6 is 0 Å². The van der Waals surface area contributed by atoms with Gasteiger partial charge in [-0.1, -0.05) is 0 Å². The molecule has 5 nitrogen and oxygen atoms in total. The van der Waals surface area contributed by atoms with Gasteiger partial charge in [-0.2, -0.15) is 0 Å². The number of nitrogen functional groups attached to an aromatic ring is 1. The Bertz CT molecular complexity index is 461. The Morgan fingerprint density at radius 1 is 1.20 bits per heavy atom. The second-order valence-electron chi connectivity index (χ2n) is 6.48. The van der Waals surface area contributed by atoms with Crippen molar-refractivity contribution in [3.05, 3.63) is 11.9 Å². The van der Waals surface area contributed by atoms with E-state index in [1.54, 1.807) is 0 Å². The molecular weight excluding hydrogens is 250 g/mol. The van der Waals surface area contributed by atoms with Crippen LogP contribution in [0.5, 0.6) is 0 Å². The highest BCUT2D eigenvalue weighted by Crippen LogP contribution is 2.39. The summed E-state index contributed by atoms with van der Waals surface area (Å²) in [5, 5.41) is 0. The van der Waals surface area contributed by atoms with Crippen molar-refractivity contribution in [1.29, 1.82) is 0 Å². The zero-order chi connectivity index (χ0) is 14.1. The van der Waals surface area contributed by atoms with E-state index in [1.165, 1.54) is 32.2 Å². The van der Waals surface area contributed by atoms with Gasteiger partial charge < -0.3 is 15.5 Å². The molecule has 0 atom stereocenters. The van der Waals surface area contributed by atoms with Crippen LogP contribution in [-0.4, -0.2) is 48.6 Å². The first kappa shape index (κ1) is 13.6. The maximum absolute atomic E-state index is 5.94. The Hall–Kier alpha value is -1.36. The summed E-state index contributed by atoms with van der Waals surface area (Å²) in [5.41, 5.74) is 5.94. The maximum Gasteiger partial charge on any atom is 0.136 e. The van der Waals surface area contributed by atoms with Crippen molar-refractivity contribution in [3.63, 3.8) is 0 Å². The van der Waals surface area contributed by atoms with E-state index in [9.17, 15) is 0 Å². The molecule has 1 aromatic heterocycles. The molecule has 1 saturated carbocycles. The molecule has 2 heterocycles. The van der Waals surface area contributed by atoms with Crippen molar-refractivity contribution in [3.8, 4) is 0 Å². The normalized spacial score (nSPS) is 20.6. The van der Waals surface area contributed by atoms with Gasteiger partial charge in [-0.3, -0.25) is 0 Å². The van der Waals surface area contributed by atoms with Crippen molar-refractivity contribution in [2.45, 2.75) is 31.6 Å². The minimum absolute atomic E-state index is 0.559. The summed E-state index contributed by atoms with van der Waals surface area (Å²) in [6.07, 6.45) is 4.91. The molecule has 3 rings (SSSR count). The second kappa shape index (κ2) is 5.56. The summed E-state index contributed by atoms with van der Waals surface area (Å²) in [7, 11) is 4.30. The first-order valence-electron chi connectivity index (χ1n) is 7.66. The topological polar surface area (TPSA) is 58.3 Å². The Kier molecular flexibility index (Phi) is 3.78. The molecule has 5 heteroatoms. The van der Waals surface area contributed by atoms with E-state index in [4.69, 9.17) is 10.7 Å². The molecule has 0 unspecified atom stereocenters. The average molecular weight is 275 g/mol. The Balaban J connectivity index is 1.65. The Morgan fingerprint density at radius 3 is 2.50 bits per heavy atom. The van der Waals surface area contributed by atoms with Crippen LogP contribution in [0.15, 0.2) is 6.07 Å². The van der Waals surface area contributed by atoms with Gasteiger partial charge in [0.1, 0.15) is 17.5 Å². The zero-order valence-corrected chi connectivity index (χ0v) is 12.5. The van der Waals surface area contributed by atoms with Gasteiger partial charge in [0.2, 0.25) is 0 Å². The van der Waals surface area contributed by atoms with Gasteiger partial charge in [0, 0.05) is 31.6 Å². The average Bonchev–Trinajstić information content (AvgIpc) is 3.22. The van der Waals surface area contributed by atoms with Crippen molar-refractivity contribution >= 4 is 11.6 Å². The number of aromatic nitrogens is 2. The fourth-order valence-electron chi connectivity index (χ4n) is 3.02. The molecular formula is C15H25N5. The molecule has 1 saturated heterocycles. The van der Waals surface area contributed by atoms with Crippen molar-refractivity contribution in [1.82, 2.24) is 14.9 Å². The summed E-state index contributed by atoms with van der Waals surface area (Å²) >= 11 is 0. The molecule has 0 bridgehead atoms. The number of anilines is 2. The number of hydrogen-bond acceptors (Lipinski definition) is 5. The van der Waals surface area contributed by atoms with Gasteiger partial charge >= 0.3 is 0 Å². The Labute approximate surface area is 121 Å². The minimum Gasteiger partial charge on any atom is -0.384 e. The zero-order valence-electron chi connectivity index (χ0n) is 12.5. The number of hydrogen-bond donors (Lipinski definition) is 1. The number of nitrogens with two attached hydrogens (primary N) is 1. The monoisotopic (exact) mass is 275 g/mol. The first-order chi connectivity index (χ1) is 9.61. The molecule has 2 N–H and O–H groups in total. The van der Waals surface area contributed by atoms with Gasteiger partial charge in [-0.25, -0.2) is 9.97 Å². The van der Waals surface area contributed by atoms with Crippen molar-refractivity contribution in [2.24, 2.45) is 5.92 Å². The fraction of sp³-hybridized carbons (Fsp3) is 0.733. The molecule has 0 spiro atoms. The predicted molar refractivity (Wildman–Crippen MR) is 81.9 cm³/mol. The lowest BCUT2D eigenvalue weighted by Gasteiger charge is -2.34. The van der Waals surface area contributed by atoms with Crippen LogP contribution < -0.4 is 10.6 Å². The third-order valence-electron chi connectivity index (χ3n) is 4.25. The van der Waals surface area contributed by atoms with Crippen molar-refractivity contribution in [2.75, 3.05) is 44.4 Å². The van der Waals surface area contributed by atoms with E-state index in [0.29, 0.717) is 11.7 Å². The molecule has 2 fully saturated rings. The molecule has 1 aromatic rings. The Morgan fingerprint density at radius 2 is 1.90 bits per heavy atom. The van der Waals surface area contributed by atoms with Gasteiger partial charge in [-0.05, 0) is 45.7 Å². The molecule has 0 aromatic carbocycles. The SMILES string of the molecule is CN(C)CC1CCN(c2cc(N)nc(C3CC3)n2)CC1. The van der Waals surface area contributed by atoms with Crippen LogP contribution in [0, 0.1) is 5.92 Å². The minimum atomic E-state index is 0.559. The predicted octanol–water partition coefficient (Wildman–Crippen LogP) is 1.71. The lowest BCUT2D eigenvalue weighted by molar-refractivity contribution is 0.284. The van der Waals surface area contributed by atoms with E-state index in [-0.39, 0.29) is 0 Å². The summed E-state index contributed by atoms with van der Waals surface area (Å²) in [6, 6.07) is 1.93. The van der Waals surface area contributed by atoms with Crippen LogP contribution in [0.4, 0.5) is 11.6 Å². The highest BCUT2D eigenvalue weighted by atomic mass is 15.2. The lowest BCUT2D eigenvalue weighted by Crippen LogP contribution is -2.37. The van der Waals surface area contributed by atoms with E-state index in [1.807, 2.05) is 6.07 Å². The smallest absolute Gasteiger partial charge is 0.136 e. The van der Waals surface area contributed by atoms with Gasteiger partial charge in [0.25, 0.3) is 0 Å². The summed E-state index contributed by atoms with van der Waals surface area (Å²) in [5.74, 6) is 3.97. The first-order valence-corrected chi connectivity index (χ1v) is 7.66. The van der Waals surface area contributed by atoms with Gasteiger partial charge in [-0.15, -0.1) is 0 Å². The van der Waals surface area contributed by atoms with Crippen LogP contribution in [0.2, 0.25) is 0 Å². The fourth-order valence-corrected chi connectivity index (χ4v) is 3.02. The van der Waals surface area contributed by atoms with Gasteiger partial charge in [0.15, 0.2) is 0 Å². The molecule has 1 aliphatic carbocycles. The summed E-state index contributed by atoms with van der Waals surface area (Å²) < 4.78 is 0. The summed E-state index contributed by atoms with van der Waals surface area (Å²) in [6.45, 7) is 3.35. The third-order valence-corrected chi connectivity index (χ3v) is 4.25. The largest absolute Gasteiger partial charge is 0.384 e. The molecule has 20 heavy (non-hydrogen) atoms. The quantitative estimate of drug-likeness (QED) is 0.906. The van der Waals surface area contributed by atoms with Crippen LogP contribution in [0.3, 0.4) is 0 Å². The molecule has 2 aliphatic rings. The second-order valence-corrected chi connectivity index (χ2v) is 6.48. The maximum atomic E-state index is 5.94. The van der Waals surface area contributed by atoms with E-state index >= 15 is 0 Å². The summed E-state index contributed by atoms with van der Waals surface area (Å²) in [4.78, 5) is 13.8. The standard InChI is InChI=1S/C15H25N5/c1-19(2)10-11-5-7-20(8-6-11)14-9-13(16)17-15(18-14)12-3-4-12/h9,11-12H,3-8,10H2,1-2H3,(H2,16,17,18). The number of nitrogens with zero attached hydrogens (tertiary/aromatic N) is 4.